The average molecular weight is 303 g/mol. The van der Waals surface area contributed by atoms with Crippen LogP contribution in [0.1, 0.15) is 5.56 Å². The van der Waals surface area contributed by atoms with Crippen LogP contribution in [-0.2, 0) is 0 Å². The second kappa shape index (κ2) is 6.75. The fourth-order valence-electron chi connectivity index (χ4n) is 2.23. The highest BCUT2D eigenvalue weighted by Crippen LogP contribution is 2.24. The third kappa shape index (κ3) is 3.55. The fraction of sp³-hybridized carbons (Fsp3) is 0.0526. The monoisotopic (exact) mass is 303 g/mol. The second-order valence-corrected chi connectivity index (χ2v) is 5.16. The molecule has 0 bridgehead atoms. The largest absolute Gasteiger partial charge is 0.332 e. The molecule has 3 aromatic rings. The number of amides is 2. The molecule has 4 nitrogen and oxygen atoms in total. The molecule has 3 rings (SSSR count). The summed E-state index contributed by atoms with van der Waals surface area (Å²) in [6.07, 6.45) is 1.67. The van der Waals surface area contributed by atoms with E-state index in [9.17, 15) is 4.79 Å². The molecule has 0 fully saturated rings. The van der Waals surface area contributed by atoms with Crippen LogP contribution in [0.3, 0.4) is 0 Å². The summed E-state index contributed by atoms with van der Waals surface area (Å²) in [4.78, 5) is 18.6. The van der Waals surface area contributed by atoms with E-state index in [0.29, 0.717) is 5.82 Å². The number of hydrogen-bond acceptors (Lipinski definition) is 2. The zero-order valence-electron chi connectivity index (χ0n) is 12.8. The highest BCUT2D eigenvalue weighted by molar-refractivity contribution is 6.06. The molecule has 2 amide bonds. The van der Waals surface area contributed by atoms with E-state index in [2.05, 4.69) is 10.3 Å². The predicted molar refractivity (Wildman–Crippen MR) is 93.0 cm³/mol. The van der Waals surface area contributed by atoms with Gasteiger partial charge in [-0.2, -0.15) is 0 Å². The predicted octanol–water partition coefficient (Wildman–Crippen LogP) is 4.76. The van der Waals surface area contributed by atoms with Gasteiger partial charge in [0, 0.05) is 11.9 Å². The van der Waals surface area contributed by atoms with Crippen molar-refractivity contribution in [1.29, 1.82) is 0 Å². The third-order valence-corrected chi connectivity index (χ3v) is 3.40. The van der Waals surface area contributed by atoms with Gasteiger partial charge in [-0.05, 0) is 43.3 Å². The minimum atomic E-state index is -0.251. The Morgan fingerprint density at radius 3 is 2.26 bits per heavy atom. The van der Waals surface area contributed by atoms with Crippen LogP contribution in [0.5, 0.6) is 0 Å². The zero-order valence-corrected chi connectivity index (χ0v) is 12.8. The van der Waals surface area contributed by atoms with Crippen molar-refractivity contribution in [3.63, 3.8) is 0 Å². The highest BCUT2D eigenvalue weighted by Gasteiger charge is 2.18. The van der Waals surface area contributed by atoms with E-state index < -0.39 is 0 Å². The SMILES string of the molecule is Cc1ccc(NC(=O)N(c2ccccc2)c2ccccn2)cc1. The molecule has 0 aliphatic carbocycles. The lowest BCUT2D eigenvalue weighted by molar-refractivity contribution is 0.259. The van der Waals surface area contributed by atoms with Gasteiger partial charge in [0.1, 0.15) is 5.82 Å². The van der Waals surface area contributed by atoms with Gasteiger partial charge < -0.3 is 5.32 Å². The number of hydrogen-bond donors (Lipinski definition) is 1. The number of nitrogens with one attached hydrogen (secondary N) is 1. The fourth-order valence-corrected chi connectivity index (χ4v) is 2.23. The summed E-state index contributed by atoms with van der Waals surface area (Å²) in [5.41, 5.74) is 2.65. The molecular weight excluding hydrogens is 286 g/mol. The van der Waals surface area contributed by atoms with Crippen LogP contribution in [-0.4, -0.2) is 11.0 Å². The lowest BCUT2D eigenvalue weighted by Gasteiger charge is -2.22. The molecule has 0 radical (unpaired) electrons. The molecule has 2 aromatic carbocycles. The Morgan fingerprint density at radius 1 is 0.913 bits per heavy atom. The minimum absolute atomic E-state index is 0.251. The number of para-hydroxylation sites is 1. The number of aromatic nitrogens is 1. The maximum absolute atomic E-state index is 12.8. The quantitative estimate of drug-likeness (QED) is 0.758. The summed E-state index contributed by atoms with van der Waals surface area (Å²) < 4.78 is 0. The van der Waals surface area contributed by atoms with Crippen LogP contribution in [0.2, 0.25) is 0 Å². The number of benzene rings is 2. The highest BCUT2D eigenvalue weighted by atomic mass is 16.2. The summed E-state index contributed by atoms with van der Waals surface area (Å²) in [5, 5.41) is 2.91. The standard InChI is InChI=1S/C19H17N3O/c1-15-10-12-16(13-11-15)21-19(23)22(17-7-3-2-4-8-17)18-9-5-6-14-20-18/h2-14H,1H3,(H,21,23). The first-order valence-corrected chi connectivity index (χ1v) is 7.38. The Labute approximate surface area is 135 Å². The number of pyridine rings is 1. The van der Waals surface area contributed by atoms with E-state index in [4.69, 9.17) is 0 Å². The first-order chi connectivity index (χ1) is 11.2. The number of carbonyl (C=O) groups excluding carboxylic acids is 1. The van der Waals surface area contributed by atoms with Gasteiger partial charge in [0.25, 0.3) is 0 Å². The summed E-state index contributed by atoms with van der Waals surface area (Å²) in [5.74, 6) is 0.573. The molecule has 1 N–H and O–H groups in total. The van der Waals surface area contributed by atoms with E-state index in [1.807, 2.05) is 79.7 Å². The Bertz CT molecular complexity index is 731. The van der Waals surface area contributed by atoms with Crippen molar-refractivity contribution in [2.45, 2.75) is 6.92 Å². The molecule has 23 heavy (non-hydrogen) atoms. The topological polar surface area (TPSA) is 45.2 Å². The number of aryl methyl sites for hydroxylation is 1. The lowest BCUT2D eigenvalue weighted by atomic mass is 10.2. The van der Waals surface area contributed by atoms with Crippen LogP contribution in [0.15, 0.2) is 79.0 Å². The molecule has 1 heterocycles. The van der Waals surface area contributed by atoms with Crippen molar-refractivity contribution >= 4 is 23.2 Å². The number of anilines is 3. The molecule has 1 aromatic heterocycles. The normalized spacial score (nSPS) is 10.1. The summed E-state index contributed by atoms with van der Waals surface area (Å²) in [6.45, 7) is 2.01. The maximum atomic E-state index is 12.8. The van der Waals surface area contributed by atoms with Crippen molar-refractivity contribution in [2.75, 3.05) is 10.2 Å². The van der Waals surface area contributed by atoms with Crippen molar-refractivity contribution in [2.24, 2.45) is 0 Å². The average Bonchev–Trinajstić information content (AvgIpc) is 2.59. The van der Waals surface area contributed by atoms with Crippen LogP contribution in [0.25, 0.3) is 0 Å². The van der Waals surface area contributed by atoms with Crippen LogP contribution < -0.4 is 10.2 Å². The third-order valence-electron chi connectivity index (χ3n) is 3.40. The van der Waals surface area contributed by atoms with Gasteiger partial charge in [-0.1, -0.05) is 42.0 Å². The Kier molecular flexibility index (Phi) is 4.34. The Morgan fingerprint density at radius 2 is 1.61 bits per heavy atom. The molecule has 0 saturated heterocycles. The molecular formula is C19H17N3O. The molecule has 0 aliphatic heterocycles. The Hall–Kier alpha value is -3.14. The van der Waals surface area contributed by atoms with Gasteiger partial charge in [-0.25, -0.2) is 14.7 Å². The molecule has 0 aliphatic rings. The number of nitrogens with zero attached hydrogens (tertiary/aromatic N) is 2. The zero-order chi connectivity index (χ0) is 16.1. The molecule has 4 heteroatoms. The van der Waals surface area contributed by atoms with Gasteiger partial charge in [0.05, 0.1) is 5.69 Å². The number of urea groups is 1. The first kappa shape index (κ1) is 14.8. The van der Waals surface area contributed by atoms with Crippen LogP contribution in [0.4, 0.5) is 22.0 Å². The molecule has 0 atom stereocenters. The van der Waals surface area contributed by atoms with Gasteiger partial charge >= 0.3 is 6.03 Å². The van der Waals surface area contributed by atoms with Crippen molar-refractivity contribution in [3.05, 3.63) is 84.6 Å². The molecule has 0 saturated carbocycles. The van der Waals surface area contributed by atoms with E-state index >= 15 is 0 Å². The van der Waals surface area contributed by atoms with E-state index in [1.165, 1.54) is 0 Å². The van der Waals surface area contributed by atoms with Gasteiger partial charge in [0.15, 0.2) is 0 Å². The first-order valence-electron chi connectivity index (χ1n) is 7.38. The second-order valence-electron chi connectivity index (χ2n) is 5.16. The van der Waals surface area contributed by atoms with E-state index in [0.717, 1.165) is 16.9 Å². The summed E-state index contributed by atoms with van der Waals surface area (Å²) in [7, 11) is 0. The summed E-state index contributed by atoms with van der Waals surface area (Å²) >= 11 is 0. The minimum Gasteiger partial charge on any atom is -0.307 e. The van der Waals surface area contributed by atoms with Gasteiger partial charge in [0.2, 0.25) is 0 Å². The van der Waals surface area contributed by atoms with Crippen molar-refractivity contribution in [1.82, 2.24) is 4.98 Å². The van der Waals surface area contributed by atoms with E-state index in [1.54, 1.807) is 11.1 Å². The van der Waals surface area contributed by atoms with Crippen LogP contribution in [0, 0.1) is 6.92 Å². The maximum Gasteiger partial charge on any atom is 0.332 e. The van der Waals surface area contributed by atoms with E-state index in [-0.39, 0.29) is 6.03 Å². The number of rotatable bonds is 3. The van der Waals surface area contributed by atoms with Gasteiger partial charge in [-0.15, -0.1) is 0 Å². The molecule has 114 valence electrons. The summed E-state index contributed by atoms with van der Waals surface area (Å²) in [6, 6.07) is 22.4. The molecule has 0 unspecified atom stereocenters. The van der Waals surface area contributed by atoms with Crippen molar-refractivity contribution < 1.29 is 4.79 Å². The lowest BCUT2D eigenvalue weighted by Crippen LogP contribution is -2.31. The van der Waals surface area contributed by atoms with Crippen LogP contribution >= 0.6 is 0 Å². The van der Waals surface area contributed by atoms with Crippen molar-refractivity contribution in [3.8, 4) is 0 Å². The smallest absolute Gasteiger partial charge is 0.307 e. The molecule has 0 spiro atoms. The Balaban J connectivity index is 1.92. The van der Waals surface area contributed by atoms with Gasteiger partial charge in [-0.3, -0.25) is 0 Å². The number of carbonyl (C=O) groups is 1.